The van der Waals surface area contributed by atoms with Crippen LogP contribution in [0.25, 0.3) is 11.0 Å². The van der Waals surface area contributed by atoms with Crippen LogP contribution in [-0.2, 0) is 17.6 Å². The highest BCUT2D eigenvalue weighted by Crippen LogP contribution is 2.19. The number of nitrogens with zero attached hydrogens (tertiary/aromatic N) is 3. The molecule has 1 aromatic carbocycles. The summed E-state index contributed by atoms with van der Waals surface area (Å²) in [5, 5.41) is 7.13. The smallest absolute Gasteiger partial charge is 0.228 e. The SMILES string of the molecule is O=C(Cc1noc2ccccc12)N1CCN(CCc2cccs2)CC1. The van der Waals surface area contributed by atoms with Gasteiger partial charge < -0.3 is 9.42 Å². The largest absolute Gasteiger partial charge is 0.356 e. The highest BCUT2D eigenvalue weighted by Gasteiger charge is 2.22. The number of rotatable bonds is 5. The third-order valence-corrected chi connectivity index (χ3v) is 5.69. The predicted octanol–water partition coefficient (Wildman–Crippen LogP) is 2.82. The summed E-state index contributed by atoms with van der Waals surface area (Å²) < 4.78 is 5.29. The van der Waals surface area contributed by atoms with Crippen molar-refractivity contribution in [2.45, 2.75) is 12.8 Å². The zero-order valence-corrected chi connectivity index (χ0v) is 14.9. The first-order valence-electron chi connectivity index (χ1n) is 8.65. The number of fused-ring (bicyclic) bond motifs is 1. The molecule has 1 fully saturated rings. The first-order chi connectivity index (χ1) is 12.3. The molecular weight excluding hydrogens is 334 g/mol. The molecular formula is C19H21N3O2S. The van der Waals surface area contributed by atoms with Crippen LogP contribution in [0.4, 0.5) is 0 Å². The third-order valence-electron chi connectivity index (χ3n) is 4.75. The van der Waals surface area contributed by atoms with E-state index in [1.807, 2.05) is 40.5 Å². The Morgan fingerprint density at radius 3 is 2.76 bits per heavy atom. The maximum atomic E-state index is 12.6. The molecule has 130 valence electrons. The molecule has 0 saturated carbocycles. The van der Waals surface area contributed by atoms with Gasteiger partial charge in [0.2, 0.25) is 5.91 Å². The van der Waals surface area contributed by atoms with Crippen LogP contribution in [0, 0.1) is 0 Å². The second-order valence-electron chi connectivity index (χ2n) is 6.35. The molecule has 1 aliphatic heterocycles. The van der Waals surface area contributed by atoms with Crippen LogP contribution in [0.1, 0.15) is 10.6 Å². The molecule has 0 unspecified atom stereocenters. The lowest BCUT2D eigenvalue weighted by Crippen LogP contribution is -2.49. The molecule has 4 rings (SSSR count). The summed E-state index contributed by atoms with van der Waals surface area (Å²) in [6, 6.07) is 12.0. The van der Waals surface area contributed by atoms with E-state index < -0.39 is 0 Å². The minimum Gasteiger partial charge on any atom is -0.356 e. The maximum absolute atomic E-state index is 12.6. The van der Waals surface area contributed by atoms with Gasteiger partial charge >= 0.3 is 0 Å². The van der Waals surface area contributed by atoms with E-state index in [4.69, 9.17) is 4.52 Å². The molecule has 0 atom stereocenters. The molecule has 2 aromatic heterocycles. The number of thiophene rings is 1. The molecule has 5 nitrogen and oxygen atoms in total. The summed E-state index contributed by atoms with van der Waals surface area (Å²) in [6.07, 6.45) is 1.41. The van der Waals surface area contributed by atoms with Gasteiger partial charge in [-0.15, -0.1) is 11.3 Å². The Morgan fingerprint density at radius 1 is 1.12 bits per heavy atom. The number of hydrogen-bond acceptors (Lipinski definition) is 5. The van der Waals surface area contributed by atoms with E-state index >= 15 is 0 Å². The van der Waals surface area contributed by atoms with E-state index in [-0.39, 0.29) is 5.91 Å². The number of hydrogen-bond donors (Lipinski definition) is 0. The van der Waals surface area contributed by atoms with Crippen LogP contribution < -0.4 is 0 Å². The second kappa shape index (κ2) is 7.37. The van der Waals surface area contributed by atoms with Crippen molar-refractivity contribution >= 4 is 28.2 Å². The second-order valence-corrected chi connectivity index (χ2v) is 7.39. The van der Waals surface area contributed by atoms with Gasteiger partial charge in [0.25, 0.3) is 0 Å². The van der Waals surface area contributed by atoms with Crippen LogP contribution >= 0.6 is 11.3 Å². The Balaban J connectivity index is 1.29. The highest BCUT2D eigenvalue weighted by molar-refractivity contribution is 7.09. The predicted molar refractivity (Wildman–Crippen MR) is 98.8 cm³/mol. The molecule has 25 heavy (non-hydrogen) atoms. The minimum atomic E-state index is 0.136. The summed E-state index contributed by atoms with van der Waals surface area (Å²) in [6.45, 7) is 4.53. The first-order valence-corrected chi connectivity index (χ1v) is 9.53. The number of carbonyl (C=O) groups excluding carboxylic acids is 1. The van der Waals surface area contributed by atoms with Gasteiger partial charge in [0.05, 0.1) is 6.42 Å². The Morgan fingerprint density at radius 2 is 1.96 bits per heavy atom. The molecule has 0 N–H and O–H groups in total. The van der Waals surface area contributed by atoms with Crippen molar-refractivity contribution in [2.75, 3.05) is 32.7 Å². The number of para-hydroxylation sites is 1. The average molecular weight is 355 g/mol. The Hall–Kier alpha value is -2.18. The molecule has 3 heterocycles. The first kappa shape index (κ1) is 16.3. The fraction of sp³-hybridized carbons (Fsp3) is 0.368. The molecule has 6 heteroatoms. The summed E-state index contributed by atoms with van der Waals surface area (Å²) in [7, 11) is 0. The Labute approximate surface area is 150 Å². The maximum Gasteiger partial charge on any atom is 0.228 e. The van der Waals surface area contributed by atoms with E-state index in [0.29, 0.717) is 6.42 Å². The molecule has 1 saturated heterocycles. The van der Waals surface area contributed by atoms with E-state index in [0.717, 1.165) is 55.8 Å². The van der Waals surface area contributed by atoms with Crippen molar-refractivity contribution in [2.24, 2.45) is 0 Å². The number of benzene rings is 1. The van der Waals surface area contributed by atoms with Gasteiger partial charge in [-0.05, 0) is 30.0 Å². The van der Waals surface area contributed by atoms with Crippen molar-refractivity contribution < 1.29 is 9.32 Å². The summed E-state index contributed by atoms with van der Waals surface area (Å²) in [4.78, 5) is 18.4. The quantitative estimate of drug-likeness (QED) is 0.706. The van der Waals surface area contributed by atoms with Gasteiger partial charge in [-0.3, -0.25) is 9.69 Å². The molecule has 0 aliphatic carbocycles. The molecule has 0 bridgehead atoms. The lowest BCUT2D eigenvalue weighted by Gasteiger charge is -2.34. The Bertz CT molecular complexity index is 835. The van der Waals surface area contributed by atoms with Crippen molar-refractivity contribution in [3.8, 4) is 0 Å². The fourth-order valence-electron chi connectivity index (χ4n) is 3.26. The topological polar surface area (TPSA) is 49.6 Å². The average Bonchev–Trinajstić information content (AvgIpc) is 3.31. The number of amides is 1. The van der Waals surface area contributed by atoms with Crippen LogP contribution in [-0.4, -0.2) is 53.6 Å². The van der Waals surface area contributed by atoms with Gasteiger partial charge in [0.1, 0.15) is 5.69 Å². The third kappa shape index (κ3) is 3.75. The zero-order chi connectivity index (χ0) is 17.1. The van der Waals surface area contributed by atoms with E-state index in [2.05, 4.69) is 27.6 Å². The summed E-state index contributed by atoms with van der Waals surface area (Å²) in [5.74, 6) is 0.136. The lowest BCUT2D eigenvalue weighted by molar-refractivity contribution is -0.132. The molecule has 1 aliphatic rings. The fourth-order valence-corrected chi connectivity index (χ4v) is 3.96. The summed E-state index contributed by atoms with van der Waals surface area (Å²) >= 11 is 1.81. The van der Waals surface area contributed by atoms with E-state index in [1.165, 1.54) is 4.88 Å². The van der Waals surface area contributed by atoms with Gasteiger partial charge in [-0.25, -0.2) is 0 Å². The van der Waals surface area contributed by atoms with Crippen LogP contribution in [0.3, 0.4) is 0 Å². The lowest BCUT2D eigenvalue weighted by atomic mass is 10.1. The standard InChI is InChI=1S/C19H21N3O2S/c23-19(14-17-16-5-1-2-6-18(16)24-20-17)22-11-9-21(10-12-22)8-7-15-4-3-13-25-15/h1-6,13H,7-12,14H2. The molecule has 0 spiro atoms. The van der Waals surface area contributed by atoms with Gasteiger partial charge in [-0.2, -0.15) is 0 Å². The van der Waals surface area contributed by atoms with Crippen LogP contribution in [0.5, 0.6) is 0 Å². The monoisotopic (exact) mass is 355 g/mol. The van der Waals surface area contributed by atoms with Gasteiger partial charge in [-0.1, -0.05) is 23.4 Å². The number of piperazine rings is 1. The van der Waals surface area contributed by atoms with Crippen molar-refractivity contribution in [1.82, 2.24) is 15.0 Å². The van der Waals surface area contributed by atoms with Gasteiger partial charge in [0.15, 0.2) is 5.58 Å². The van der Waals surface area contributed by atoms with Crippen LogP contribution in [0.2, 0.25) is 0 Å². The zero-order valence-electron chi connectivity index (χ0n) is 14.1. The molecule has 1 amide bonds. The van der Waals surface area contributed by atoms with Crippen molar-refractivity contribution in [3.63, 3.8) is 0 Å². The van der Waals surface area contributed by atoms with Crippen molar-refractivity contribution in [3.05, 3.63) is 52.3 Å². The summed E-state index contributed by atoms with van der Waals surface area (Å²) in [5.41, 5.74) is 1.48. The minimum absolute atomic E-state index is 0.136. The van der Waals surface area contributed by atoms with E-state index in [1.54, 1.807) is 0 Å². The van der Waals surface area contributed by atoms with Crippen LogP contribution in [0.15, 0.2) is 46.3 Å². The molecule has 3 aromatic rings. The Kier molecular flexibility index (Phi) is 4.81. The number of aromatic nitrogens is 1. The highest BCUT2D eigenvalue weighted by atomic mass is 32.1. The van der Waals surface area contributed by atoms with Gasteiger partial charge in [0, 0.05) is 43.0 Å². The number of carbonyl (C=O) groups is 1. The normalized spacial score (nSPS) is 15.8. The van der Waals surface area contributed by atoms with E-state index in [9.17, 15) is 4.79 Å². The van der Waals surface area contributed by atoms with Crippen molar-refractivity contribution in [1.29, 1.82) is 0 Å². The molecule has 0 radical (unpaired) electrons.